The Hall–Kier alpha value is -3.72. The Bertz CT molecular complexity index is 1160. The fourth-order valence-corrected chi connectivity index (χ4v) is 3.53. The molecule has 0 saturated carbocycles. The van der Waals surface area contributed by atoms with Crippen molar-refractivity contribution in [3.05, 3.63) is 46.5 Å². The van der Waals surface area contributed by atoms with Gasteiger partial charge in [-0.05, 0) is 44.5 Å². The van der Waals surface area contributed by atoms with E-state index in [1.54, 1.807) is 18.2 Å². The van der Waals surface area contributed by atoms with Crippen molar-refractivity contribution in [2.24, 2.45) is 0 Å². The molecule has 3 rings (SSSR count). The Morgan fingerprint density at radius 2 is 1.71 bits per heavy atom. The minimum atomic E-state index is -0.925. The molecule has 0 aliphatic carbocycles. The quantitative estimate of drug-likeness (QED) is 0.438. The molecule has 34 heavy (non-hydrogen) atoms. The minimum absolute atomic E-state index is 0.0694. The average Bonchev–Trinajstić information content (AvgIpc) is 2.78. The molecule has 0 radical (unpaired) electrons. The summed E-state index contributed by atoms with van der Waals surface area (Å²) >= 11 is 6.14. The second-order valence-electron chi connectivity index (χ2n) is 7.42. The maximum atomic E-state index is 13.3. The number of halogens is 1. The molecule has 10 heteroatoms. The van der Waals surface area contributed by atoms with Gasteiger partial charge in [0.05, 0.1) is 37.6 Å². The van der Waals surface area contributed by atoms with E-state index in [-0.39, 0.29) is 33.9 Å². The van der Waals surface area contributed by atoms with Crippen molar-refractivity contribution in [3.63, 3.8) is 0 Å². The van der Waals surface area contributed by atoms with Crippen molar-refractivity contribution in [2.45, 2.75) is 26.9 Å². The van der Waals surface area contributed by atoms with Gasteiger partial charge >= 0.3 is 6.03 Å². The molecular weight excluding hydrogens is 464 g/mol. The molecule has 1 aliphatic heterocycles. The summed E-state index contributed by atoms with van der Waals surface area (Å²) in [7, 11) is 2.76. The number of imide groups is 2. The summed E-state index contributed by atoms with van der Waals surface area (Å²) in [6.07, 6.45) is 1.30. The van der Waals surface area contributed by atoms with Crippen molar-refractivity contribution >= 4 is 41.2 Å². The number of barbiturate groups is 1. The Morgan fingerprint density at radius 3 is 2.32 bits per heavy atom. The van der Waals surface area contributed by atoms with Gasteiger partial charge in [0.2, 0.25) is 0 Å². The van der Waals surface area contributed by atoms with E-state index < -0.39 is 17.8 Å². The molecular formula is C24H25ClN2O7. The van der Waals surface area contributed by atoms with Crippen LogP contribution in [0.1, 0.15) is 26.3 Å². The van der Waals surface area contributed by atoms with Crippen LogP contribution in [0, 0.1) is 0 Å². The molecule has 1 fully saturated rings. The van der Waals surface area contributed by atoms with Gasteiger partial charge in [0.15, 0.2) is 11.5 Å². The summed E-state index contributed by atoms with van der Waals surface area (Å²) in [6.45, 7) is 6.01. The number of urea groups is 1. The van der Waals surface area contributed by atoms with E-state index in [1.807, 2.05) is 20.8 Å². The number of nitrogens with zero attached hydrogens (tertiary/aromatic N) is 1. The zero-order chi connectivity index (χ0) is 25.0. The summed E-state index contributed by atoms with van der Waals surface area (Å²) in [5.74, 6) is -0.289. The van der Waals surface area contributed by atoms with Crippen LogP contribution in [-0.4, -0.2) is 44.8 Å². The lowest BCUT2D eigenvalue weighted by atomic mass is 10.1. The van der Waals surface area contributed by atoms with Gasteiger partial charge in [0.1, 0.15) is 17.1 Å². The van der Waals surface area contributed by atoms with Gasteiger partial charge in [-0.3, -0.25) is 14.9 Å². The molecule has 2 aromatic carbocycles. The predicted octanol–water partition coefficient (Wildman–Crippen LogP) is 4.21. The Kier molecular flexibility index (Phi) is 7.68. The third kappa shape index (κ3) is 5.09. The van der Waals surface area contributed by atoms with Crippen LogP contribution in [0.2, 0.25) is 5.02 Å². The van der Waals surface area contributed by atoms with Crippen molar-refractivity contribution < 1.29 is 33.3 Å². The van der Waals surface area contributed by atoms with Gasteiger partial charge in [0, 0.05) is 12.1 Å². The number of carbonyl (C=O) groups is 3. The number of amides is 4. The van der Waals surface area contributed by atoms with Crippen molar-refractivity contribution in [3.8, 4) is 23.0 Å². The molecule has 0 spiro atoms. The van der Waals surface area contributed by atoms with E-state index in [2.05, 4.69) is 5.32 Å². The summed E-state index contributed by atoms with van der Waals surface area (Å²) in [6, 6.07) is 6.90. The number of anilines is 1. The van der Waals surface area contributed by atoms with Crippen LogP contribution in [-0.2, 0) is 9.59 Å². The topological polar surface area (TPSA) is 103 Å². The van der Waals surface area contributed by atoms with Crippen LogP contribution in [0.15, 0.2) is 35.9 Å². The molecule has 1 N–H and O–H groups in total. The van der Waals surface area contributed by atoms with E-state index in [9.17, 15) is 14.4 Å². The third-order valence-electron chi connectivity index (χ3n) is 4.74. The number of benzene rings is 2. The van der Waals surface area contributed by atoms with Gasteiger partial charge in [-0.1, -0.05) is 17.7 Å². The number of carbonyl (C=O) groups excluding carboxylic acids is 3. The van der Waals surface area contributed by atoms with Crippen LogP contribution in [0.4, 0.5) is 10.5 Å². The third-order valence-corrected chi connectivity index (χ3v) is 5.03. The van der Waals surface area contributed by atoms with E-state index in [1.165, 1.54) is 32.4 Å². The van der Waals surface area contributed by atoms with Gasteiger partial charge in [-0.15, -0.1) is 0 Å². The Morgan fingerprint density at radius 1 is 1.00 bits per heavy atom. The van der Waals surface area contributed by atoms with Gasteiger partial charge in [0.25, 0.3) is 11.8 Å². The lowest BCUT2D eigenvalue weighted by molar-refractivity contribution is -0.122. The fraction of sp³-hybridized carbons (Fsp3) is 0.292. The highest BCUT2D eigenvalue weighted by atomic mass is 35.5. The predicted molar refractivity (Wildman–Crippen MR) is 127 cm³/mol. The smallest absolute Gasteiger partial charge is 0.336 e. The van der Waals surface area contributed by atoms with Gasteiger partial charge in [-0.25, -0.2) is 9.69 Å². The van der Waals surface area contributed by atoms with E-state index in [4.69, 9.17) is 30.5 Å². The van der Waals surface area contributed by atoms with Gasteiger partial charge in [-0.2, -0.15) is 0 Å². The highest BCUT2D eigenvalue weighted by Crippen LogP contribution is 2.39. The second kappa shape index (κ2) is 10.5. The molecule has 180 valence electrons. The zero-order valence-corrected chi connectivity index (χ0v) is 20.2. The van der Waals surface area contributed by atoms with Crippen molar-refractivity contribution in [2.75, 3.05) is 25.7 Å². The number of methoxy groups -OCH3 is 2. The maximum Gasteiger partial charge on any atom is 0.336 e. The summed E-state index contributed by atoms with van der Waals surface area (Å²) in [5.41, 5.74) is 0.323. The van der Waals surface area contributed by atoms with Crippen molar-refractivity contribution in [1.82, 2.24) is 5.32 Å². The standard InChI is InChI=1S/C24H25ClN2O7/c1-6-33-21-10-14(7-8-18(21)34-13(2)3)9-15-22(28)26-24(30)27(23(15)29)17-12-19(31-4)16(25)11-20(17)32-5/h7-13H,6H2,1-5H3,(H,26,28,30)/b15-9+. The highest BCUT2D eigenvalue weighted by Gasteiger charge is 2.38. The van der Waals surface area contributed by atoms with E-state index in [0.717, 1.165) is 4.90 Å². The lowest BCUT2D eigenvalue weighted by Crippen LogP contribution is -2.54. The molecule has 0 unspecified atom stereocenters. The normalized spacial score (nSPS) is 15.0. The minimum Gasteiger partial charge on any atom is -0.495 e. The highest BCUT2D eigenvalue weighted by molar-refractivity contribution is 6.39. The second-order valence-corrected chi connectivity index (χ2v) is 7.83. The maximum absolute atomic E-state index is 13.3. The zero-order valence-electron chi connectivity index (χ0n) is 19.4. The Labute approximate surface area is 202 Å². The molecule has 1 aliphatic rings. The molecule has 2 aromatic rings. The Balaban J connectivity index is 2.06. The van der Waals surface area contributed by atoms with Crippen LogP contribution in [0.25, 0.3) is 6.08 Å². The first kappa shape index (κ1) is 24.9. The van der Waals surface area contributed by atoms with Crippen LogP contribution in [0.5, 0.6) is 23.0 Å². The SMILES string of the molecule is CCOc1cc(/C=C2\C(=O)NC(=O)N(c3cc(OC)c(Cl)cc3OC)C2=O)ccc1OC(C)C. The first-order valence-corrected chi connectivity index (χ1v) is 10.8. The number of hydrogen-bond donors (Lipinski definition) is 1. The molecule has 0 atom stereocenters. The lowest BCUT2D eigenvalue weighted by Gasteiger charge is -2.28. The molecule has 1 heterocycles. The molecule has 0 bridgehead atoms. The number of rotatable bonds is 8. The molecule has 9 nitrogen and oxygen atoms in total. The van der Waals surface area contributed by atoms with Crippen LogP contribution in [0.3, 0.4) is 0 Å². The molecule has 1 saturated heterocycles. The largest absolute Gasteiger partial charge is 0.495 e. The van der Waals surface area contributed by atoms with Crippen LogP contribution >= 0.6 is 11.6 Å². The first-order valence-electron chi connectivity index (χ1n) is 10.5. The number of ether oxygens (including phenoxy) is 4. The van der Waals surface area contributed by atoms with E-state index >= 15 is 0 Å². The number of hydrogen-bond acceptors (Lipinski definition) is 7. The van der Waals surface area contributed by atoms with Crippen LogP contribution < -0.4 is 29.2 Å². The average molecular weight is 489 g/mol. The van der Waals surface area contributed by atoms with Crippen molar-refractivity contribution in [1.29, 1.82) is 0 Å². The summed E-state index contributed by atoms with van der Waals surface area (Å²) in [4.78, 5) is 39.3. The monoisotopic (exact) mass is 488 g/mol. The summed E-state index contributed by atoms with van der Waals surface area (Å²) in [5, 5.41) is 2.41. The van der Waals surface area contributed by atoms with E-state index in [0.29, 0.717) is 23.7 Å². The first-order chi connectivity index (χ1) is 16.2. The fourth-order valence-electron chi connectivity index (χ4n) is 3.30. The van der Waals surface area contributed by atoms with Gasteiger partial charge < -0.3 is 18.9 Å². The molecule has 0 aromatic heterocycles. The number of nitrogens with one attached hydrogen (secondary N) is 1. The molecule has 4 amide bonds. The summed E-state index contributed by atoms with van der Waals surface area (Å²) < 4.78 is 21.9.